The van der Waals surface area contributed by atoms with Crippen LogP contribution in [-0.2, 0) is 6.42 Å². The van der Waals surface area contributed by atoms with E-state index in [1.165, 1.54) is 5.56 Å². The largest absolute Gasteiger partial charge is 0.361 e. The van der Waals surface area contributed by atoms with E-state index in [-0.39, 0.29) is 30.0 Å². The molecule has 2 N–H and O–H groups in total. The van der Waals surface area contributed by atoms with Crippen LogP contribution in [0.1, 0.15) is 42.5 Å². The van der Waals surface area contributed by atoms with Gasteiger partial charge < -0.3 is 15.2 Å². The Morgan fingerprint density at radius 2 is 1.96 bits per heavy atom. The molecule has 0 radical (unpaired) electrons. The summed E-state index contributed by atoms with van der Waals surface area (Å²) in [5.74, 6) is 1.71. The van der Waals surface area contributed by atoms with Crippen LogP contribution in [0.5, 0.6) is 0 Å². The first kappa shape index (κ1) is 20.5. The highest BCUT2D eigenvalue weighted by atomic mass is 127. The van der Waals surface area contributed by atoms with Gasteiger partial charge in [0, 0.05) is 18.7 Å². The molecule has 0 aliphatic carbocycles. The van der Waals surface area contributed by atoms with Crippen LogP contribution in [0.25, 0.3) is 0 Å². The van der Waals surface area contributed by atoms with Gasteiger partial charge in [-0.05, 0) is 39.7 Å². The van der Waals surface area contributed by atoms with Crippen molar-refractivity contribution in [3.63, 3.8) is 0 Å². The molecule has 0 saturated heterocycles. The van der Waals surface area contributed by atoms with Crippen LogP contribution in [0, 0.1) is 13.8 Å². The molecule has 0 aliphatic heterocycles. The Bertz CT molecular complexity index is 620. The van der Waals surface area contributed by atoms with Gasteiger partial charge in [0.15, 0.2) is 5.96 Å². The Balaban J connectivity index is 0.00000288. The second kappa shape index (κ2) is 10.3. The summed E-state index contributed by atoms with van der Waals surface area (Å²) in [7, 11) is 0. The molecule has 1 heterocycles. The predicted octanol–water partition coefficient (Wildman–Crippen LogP) is 3.77. The van der Waals surface area contributed by atoms with E-state index >= 15 is 0 Å². The second-order valence-electron chi connectivity index (χ2n) is 5.59. The van der Waals surface area contributed by atoms with Crippen molar-refractivity contribution >= 4 is 29.9 Å². The summed E-state index contributed by atoms with van der Waals surface area (Å²) in [4.78, 5) is 4.66. The van der Waals surface area contributed by atoms with Gasteiger partial charge in [0.25, 0.3) is 0 Å². The Labute approximate surface area is 161 Å². The van der Waals surface area contributed by atoms with E-state index in [4.69, 9.17) is 4.52 Å². The van der Waals surface area contributed by atoms with Crippen LogP contribution in [-0.4, -0.2) is 24.2 Å². The molecule has 1 atom stereocenters. The number of aryl methyl sites for hydroxylation is 2. The maximum atomic E-state index is 5.19. The molecular formula is C18H27IN4O. The van der Waals surface area contributed by atoms with Crippen molar-refractivity contribution in [2.24, 2.45) is 4.99 Å². The zero-order valence-corrected chi connectivity index (χ0v) is 17.1. The third kappa shape index (κ3) is 5.81. The number of aliphatic imine (C=N–C) groups is 1. The van der Waals surface area contributed by atoms with Crippen LogP contribution in [0.3, 0.4) is 0 Å². The van der Waals surface area contributed by atoms with E-state index in [2.05, 4.69) is 58.9 Å². The van der Waals surface area contributed by atoms with E-state index < -0.39 is 0 Å². The fourth-order valence-corrected chi connectivity index (χ4v) is 2.49. The molecule has 0 bridgehead atoms. The van der Waals surface area contributed by atoms with E-state index in [0.29, 0.717) is 6.54 Å². The average molecular weight is 442 g/mol. The molecule has 1 unspecified atom stereocenters. The number of rotatable bonds is 6. The van der Waals surface area contributed by atoms with Gasteiger partial charge in [0.1, 0.15) is 5.76 Å². The number of hydrogen-bond donors (Lipinski definition) is 2. The molecule has 0 fully saturated rings. The lowest BCUT2D eigenvalue weighted by atomic mass is 10.1. The number of guanidine groups is 1. The molecular weight excluding hydrogens is 415 g/mol. The van der Waals surface area contributed by atoms with Crippen molar-refractivity contribution in [2.45, 2.75) is 40.2 Å². The van der Waals surface area contributed by atoms with E-state index in [1.54, 1.807) is 0 Å². The number of nitrogens with one attached hydrogen (secondary N) is 2. The molecule has 1 aromatic carbocycles. The smallest absolute Gasteiger partial charge is 0.191 e. The first-order valence-corrected chi connectivity index (χ1v) is 8.13. The molecule has 0 amide bonds. The van der Waals surface area contributed by atoms with Crippen molar-refractivity contribution in [3.05, 3.63) is 52.9 Å². The molecule has 0 saturated carbocycles. The molecule has 5 nitrogen and oxygen atoms in total. The van der Waals surface area contributed by atoms with Crippen LogP contribution in [0.15, 0.2) is 39.8 Å². The van der Waals surface area contributed by atoms with Crippen molar-refractivity contribution < 1.29 is 4.52 Å². The summed E-state index contributed by atoms with van der Waals surface area (Å²) in [6, 6.07) is 10.6. The number of aromatic nitrogens is 1. The topological polar surface area (TPSA) is 62.5 Å². The summed E-state index contributed by atoms with van der Waals surface area (Å²) in [5.41, 5.74) is 3.35. The monoisotopic (exact) mass is 442 g/mol. The minimum atomic E-state index is 0. The first-order chi connectivity index (χ1) is 11.1. The highest BCUT2D eigenvalue weighted by Crippen LogP contribution is 2.13. The van der Waals surface area contributed by atoms with Gasteiger partial charge in [-0.2, -0.15) is 0 Å². The third-order valence-corrected chi connectivity index (χ3v) is 3.81. The lowest BCUT2D eigenvalue weighted by molar-refractivity contribution is 0.392. The molecule has 132 valence electrons. The predicted molar refractivity (Wildman–Crippen MR) is 109 cm³/mol. The van der Waals surface area contributed by atoms with Gasteiger partial charge in [-0.3, -0.25) is 4.99 Å². The molecule has 1 aromatic heterocycles. The molecule has 0 aliphatic rings. The normalized spacial score (nSPS) is 12.4. The van der Waals surface area contributed by atoms with E-state index in [0.717, 1.165) is 35.9 Å². The number of benzene rings is 1. The second-order valence-corrected chi connectivity index (χ2v) is 5.59. The van der Waals surface area contributed by atoms with Crippen LogP contribution >= 0.6 is 24.0 Å². The molecule has 6 heteroatoms. The average Bonchev–Trinajstić information content (AvgIpc) is 2.87. The van der Waals surface area contributed by atoms with Gasteiger partial charge in [-0.25, -0.2) is 0 Å². The Morgan fingerprint density at radius 3 is 2.54 bits per heavy atom. The SMILES string of the molecule is CCNC(=NCCc1c(C)noc1C)NC(C)c1ccccc1.I. The Kier molecular flexibility index (Phi) is 8.81. The standard InChI is InChI=1S/C18H26N4O.HI/c1-5-19-18(21-13(2)16-9-7-6-8-10-16)20-12-11-17-14(3)22-23-15(17)4;/h6-10,13H,5,11-12H2,1-4H3,(H2,19,20,21);1H. The van der Waals surface area contributed by atoms with Crippen LogP contribution in [0.2, 0.25) is 0 Å². The highest BCUT2D eigenvalue weighted by molar-refractivity contribution is 14.0. The number of hydrogen-bond acceptors (Lipinski definition) is 3. The van der Waals surface area contributed by atoms with Crippen LogP contribution < -0.4 is 10.6 Å². The van der Waals surface area contributed by atoms with E-state index in [1.807, 2.05) is 19.9 Å². The quantitative estimate of drug-likeness (QED) is 0.406. The fraction of sp³-hybridized carbons (Fsp3) is 0.444. The fourth-order valence-electron chi connectivity index (χ4n) is 2.49. The van der Waals surface area contributed by atoms with Gasteiger partial charge in [-0.15, -0.1) is 24.0 Å². The summed E-state index contributed by atoms with van der Waals surface area (Å²) in [6.07, 6.45) is 0.831. The minimum Gasteiger partial charge on any atom is -0.361 e. The van der Waals surface area contributed by atoms with Gasteiger partial charge in [0.05, 0.1) is 11.7 Å². The maximum absolute atomic E-state index is 5.19. The van der Waals surface area contributed by atoms with Crippen molar-refractivity contribution in [3.8, 4) is 0 Å². The molecule has 2 rings (SSSR count). The maximum Gasteiger partial charge on any atom is 0.191 e. The Hall–Kier alpha value is -1.57. The summed E-state index contributed by atoms with van der Waals surface area (Å²) in [6.45, 7) is 9.64. The van der Waals surface area contributed by atoms with Crippen molar-refractivity contribution in [2.75, 3.05) is 13.1 Å². The van der Waals surface area contributed by atoms with Gasteiger partial charge in [-0.1, -0.05) is 35.5 Å². The third-order valence-electron chi connectivity index (χ3n) is 3.81. The minimum absolute atomic E-state index is 0. The summed E-state index contributed by atoms with van der Waals surface area (Å²) in [5, 5.41) is 10.7. The first-order valence-electron chi connectivity index (χ1n) is 8.13. The number of halogens is 1. The lowest BCUT2D eigenvalue weighted by Crippen LogP contribution is -2.38. The summed E-state index contributed by atoms with van der Waals surface area (Å²) < 4.78 is 5.19. The van der Waals surface area contributed by atoms with Gasteiger partial charge in [0.2, 0.25) is 0 Å². The molecule has 2 aromatic rings. The summed E-state index contributed by atoms with van der Waals surface area (Å²) >= 11 is 0. The van der Waals surface area contributed by atoms with Crippen molar-refractivity contribution in [1.82, 2.24) is 15.8 Å². The van der Waals surface area contributed by atoms with E-state index in [9.17, 15) is 0 Å². The molecule has 24 heavy (non-hydrogen) atoms. The van der Waals surface area contributed by atoms with Crippen molar-refractivity contribution in [1.29, 1.82) is 0 Å². The molecule has 0 spiro atoms. The lowest BCUT2D eigenvalue weighted by Gasteiger charge is -2.18. The van der Waals surface area contributed by atoms with Crippen LogP contribution in [0.4, 0.5) is 0 Å². The number of nitrogens with zero attached hydrogens (tertiary/aromatic N) is 2. The zero-order chi connectivity index (χ0) is 16.7. The Morgan fingerprint density at radius 1 is 1.25 bits per heavy atom. The highest BCUT2D eigenvalue weighted by Gasteiger charge is 2.09. The van der Waals surface area contributed by atoms with Gasteiger partial charge >= 0.3 is 0 Å². The zero-order valence-electron chi connectivity index (χ0n) is 14.8.